The first-order chi connectivity index (χ1) is 13.5. The topological polar surface area (TPSA) is 96.0 Å². The van der Waals surface area contributed by atoms with Gasteiger partial charge < -0.3 is 4.90 Å². The predicted molar refractivity (Wildman–Crippen MR) is 112 cm³/mol. The molecule has 0 aromatic carbocycles. The molecule has 11 heteroatoms. The zero-order chi connectivity index (χ0) is 19.6. The number of H-pyrrole nitrogens is 1. The zero-order valence-corrected chi connectivity index (χ0v) is 18.0. The number of nitrogens with one attached hydrogen (secondary N) is 1. The van der Waals surface area contributed by atoms with Gasteiger partial charge in [-0.15, -0.1) is 27.8 Å². The van der Waals surface area contributed by atoms with Crippen molar-refractivity contribution < 1.29 is 13.2 Å². The third-order valence-electron chi connectivity index (χ3n) is 4.42. The van der Waals surface area contributed by atoms with E-state index in [-0.39, 0.29) is 29.2 Å². The highest BCUT2D eigenvalue weighted by atomic mass is 32.2. The van der Waals surface area contributed by atoms with Crippen LogP contribution < -0.4 is 0 Å². The van der Waals surface area contributed by atoms with Crippen LogP contribution >= 0.6 is 34.4 Å². The molecule has 28 heavy (non-hydrogen) atoms. The van der Waals surface area contributed by atoms with Crippen molar-refractivity contribution in [3.05, 3.63) is 39.9 Å². The van der Waals surface area contributed by atoms with Gasteiger partial charge >= 0.3 is 0 Å². The average molecular weight is 455 g/mol. The summed E-state index contributed by atoms with van der Waals surface area (Å²) in [6.07, 6.45) is 0.493. The number of thiophene rings is 2. The van der Waals surface area contributed by atoms with E-state index in [0.29, 0.717) is 23.9 Å². The van der Waals surface area contributed by atoms with Crippen LogP contribution in [0, 0.1) is 0 Å². The Bertz CT molecular complexity index is 1030. The first-order valence-corrected chi connectivity index (χ1v) is 13.2. The van der Waals surface area contributed by atoms with Gasteiger partial charge in [-0.2, -0.15) is 0 Å². The molecule has 1 fully saturated rings. The molecule has 4 heterocycles. The van der Waals surface area contributed by atoms with E-state index >= 15 is 0 Å². The van der Waals surface area contributed by atoms with Crippen LogP contribution in [0.5, 0.6) is 0 Å². The monoisotopic (exact) mass is 454 g/mol. The number of hydrogen-bond donors (Lipinski definition) is 1. The third kappa shape index (κ3) is 4.65. The molecule has 1 saturated heterocycles. The first kappa shape index (κ1) is 19.6. The maximum Gasteiger partial charge on any atom is 0.233 e. The molecule has 148 valence electrons. The molecule has 1 N–H and O–H groups in total. The van der Waals surface area contributed by atoms with Gasteiger partial charge in [-0.3, -0.25) is 9.89 Å². The van der Waals surface area contributed by atoms with Crippen molar-refractivity contribution in [2.75, 3.05) is 17.3 Å². The molecule has 3 aromatic heterocycles. The van der Waals surface area contributed by atoms with Crippen LogP contribution in [0.15, 0.2) is 40.2 Å². The summed E-state index contributed by atoms with van der Waals surface area (Å²) in [7, 11) is -3.07. The Morgan fingerprint density at radius 3 is 2.79 bits per heavy atom. The predicted octanol–water partition coefficient (Wildman–Crippen LogP) is 2.90. The molecule has 7 nitrogen and oxygen atoms in total. The summed E-state index contributed by atoms with van der Waals surface area (Å²) in [6.45, 7) is 0.436. The van der Waals surface area contributed by atoms with E-state index in [1.807, 2.05) is 35.0 Å². The lowest BCUT2D eigenvalue weighted by Crippen LogP contribution is -2.41. The number of sulfone groups is 1. The fourth-order valence-electron chi connectivity index (χ4n) is 3.06. The van der Waals surface area contributed by atoms with E-state index in [1.165, 1.54) is 11.8 Å². The molecule has 0 bridgehead atoms. The second-order valence-corrected chi connectivity index (χ2v) is 11.5. The fraction of sp³-hybridized carbons (Fsp3) is 0.353. The van der Waals surface area contributed by atoms with Crippen molar-refractivity contribution in [1.82, 2.24) is 20.1 Å². The maximum absolute atomic E-state index is 12.9. The molecule has 1 amide bonds. The summed E-state index contributed by atoms with van der Waals surface area (Å²) in [4.78, 5) is 21.1. The number of nitrogens with zero attached hydrogens (tertiary/aromatic N) is 3. The molecular weight excluding hydrogens is 436 g/mol. The van der Waals surface area contributed by atoms with E-state index in [2.05, 4.69) is 15.2 Å². The lowest BCUT2D eigenvalue weighted by molar-refractivity contribution is -0.130. The van der Waals surface area contributed by atoms with Gasteiger partial charge in [0.05, 0.1) is 28.7 Å². The third-order valence-corrected chi connectivity index (χ3v) is 8.74. The highest BCUT2D eigenvalue weighted by Crippen LogP contribution is 2.25. The minimum atomic E-state index is -3.07. The molecule has 3 aromatic rings. The van der Waals surface area contributed by atoms with Crippen molar-refractivity contribution in [3.8, 4) is 10.7 Å². The lowest BCUT2D eigenvalue weighted by atomic mass is 10.2. The van der Waals surface area contributed by atoms with E-state index in [9.17, 15) is 13.2 Å². The van der Waals surface area contributed by atoms with Gasteiger partial charge in [0.1, 0.15) is 0 Å². The average Bonchev–Trinajstić information content (AvgIpc) is 3.44. The number of aromatic amines is 1. The number of carbonyl (C=O) groups is 1. The van der Waals surface area contributed by atoms with Crippen LogP contribution in [-0.4, -0.2) is 57.7 Å². The van der Waals surface area contributed by atoms with Gasteiger partial charge in [0, 0.05) is 10.9 Å². The van der Waals surface area contributed by atoms with Gasteiger partial charge in [-0.25, -0.2) is 13.4 Å². The Hall–Kier alpha value is -1.69. The second-order valence-electron chi connectivity index (χ2n) is 6.39. The molecule has 0 radical (unpaired) electrons. The molecule has 4 rings (SSSR count). The Balaban J connectivity index is 1.43. The van der Waals surface area contributed by atoms with Gasteiger partial charge in [0.25, 0.3) is 0 Å². The Morgan fingerprint density at radius 1 is 1.29 bits per heavy atom. The number of amides is 1. The molecule has 1 aliphatic heterocycles. The number of rotatable bonds is 7. The van der Waals surface area contributed by atoms with Crippen molar-refractivity contribution >= 4 is 50.2 Å². The van der Waals surface area contributed by atoms with E-state index in [1.54, 1.807) is 27.6 Å². The first-order valence-electron chi connectivity index (χ1n) is 8.61. The highest BCUT2D eigenvalue weighted by molar-refractivity contribution is 7.99. The van der Waals surface area contributed by atoms with Crippen molar-refractivity contribution in [2.45, 2.75) is 24.2 Å². The molecule has 1 atom stereocenters. The summed E-state index contributed by atoms with van der Waals surface area (Å²) >= 11 is 4.39. The Morgan fingerprint density at radius 2 is 2.11 bits per heavy atom. The van der Waals surface area contributed by atoms with Crippen LogP contribution in [0.2, 0.25) is 0 Å². The highest BCUT2D eigenvalue weighted by Gasteiger charge is 2.34. The van der Waals surface area contributed by atoms with E-state index < -0.39 is 9.84 Å². The van der Waals surface area contributed by atoms with Crippen LogP contribution in [0.1, 0.15) is 11.3 Å². The normalized spacial score (nSPS) is 18.4. The van der Waals surface area contributed by atoms with Crippen LogP contribution in [0.3, 0.4) is 0 Å². The maximum atomic E-state index is 12.9. The van der Waals surface area contributed by atoms with Gasteiger partial charge in [-0.1, -0.05) is 23.9 Å². The molecule has 0 aliphatic carbocycles. The summed E-state index contributed by atoms with van der Waals surface area (Å²) in [6, 6.07) is 7.52. The number of thioether (sulfide) groups is 1. The second kappa shape index (κ2) is 8.36. The smallest absolute Gasteiger partial charge is 0.233 e. The van der Waals surface area contributed by atoms with Gasteiger partial charge in [0.2, 0.25) is 11.1 Å². The number of carbonyl (C=O) groups excluding carboxylic acids is 1. The zero-order valence-electron chi connectivity index (χ0n) is 14.8. The molecule has 1 unspecified atom stereocenters. The minimum absolute atomic E-state index is 0.0396. The van der Waals surface area contributed by atoms with Crippen LogP contribution in [0.4, 0.5) is 0 Å². The fourth-order valence-corrected chi connectivity index (χ4v) is 6.84. The summed E-state index contributed by atoms with van der Waals surface area (Å²) in [5.41, 5.74) is 0. The largest absolute Gasteiger partial charge is 0.333 e. The molecule has 0 spiro atoms. The van der Waals surface area contributed by atoms with Gasteiger partial charge in [0.15, 0.2) is 15.7 Å². The summed E-state index contributed by atoms with van der Waals surface area (Å²) in [5, 5.41) is 11.5. The minimum Gasteiger partial charge on any atom is -0.333 e. The van der Waals surface area contributed by atoms with Crippen LogP contribution in [0.25, 0.3) is 10.7 Å². The molecule has 1 aliphatic rings. The number of hydrogen-bond acceptors (Lipinski definition) is 8. The van der Waals surface area contributed by atoms with Gasteiger partial charge in [-0.05, 0) is 29.3 Å². The number of aromatic nitrogens is 3. The SMILES string of the molecule is O=C(CSc1n[nH]c(-c2cccs2)n1)N(Cc1cccs1)C1CCS(=O)(=O)C1. The van der Waals surface area contributed by atoms with E-state index in [0.717, 1.165) is 9.75 Å². The Kier molecular flexibility index (Phi) is 5.85. The summed E-state index contributed by atoms with van der Waals surface area (Å²) in [5.74, 6) is 0.941. The van der Waals surface area contributed by atoms with Crippen molar-refractivity contribution in [1.29, 1.82) is 0 Å². The van der Waals surface area contributed by atoms with Crippen molar-refractivity contribution in [2.24, 2.45) is 0 Å². The summed E-state index contributed by atoms with van der Waals surface area (Å²) < 4.78 is 23.8. The standard InChI is InChI=1S/C17H18N4O3S4/c22-15(10-27-17-18-16(19-20-17)14-4-2-7-26-14)21(9-13-3-1-6-25-13)12-5-8-28(23,24)11-12/h1-4,6-7,12H,5,8-11H2,(H,18,19,20). The molecular formula is C17H18N4O3S4. The quantitative estimate of drug-likeness (QED) is 0.552. The van der Waals surface area contributed by atoms with Crippen LogP contribution in [-0.2, 0) is 21.2 Å². The van der Waals surface area contributed by atoms with Crippen molar-refractivity contribution in [3.63, 3.8) is 0 Å². The van der Waals surface area contributed by atoms with E-state index in [4.69, 9.17) is 0 Å². The lowest BCUT2D eigenvalue weighted by Gasteiger charge is -2.27. The molecule has 0 saturated carbocycles. The Labute approximate surface area is 175 Å².